The normalized spacial score (nSPS) is 14.1. The third-order valence-electron chi connectivity index (χ3n) is 2.70. The lowest BCUT2D eigenvalue weighted by molar-refractivity contribution is 0.0470. The second kappa shape index (κ2) is 10.3. The summed E-state index contributed by atoms with van der Waals surface area (Å²) >= 11 is 3.14. The lowest BCUT2D eigenvalue weighted by Crippen LogP contribution is -2.36. The minimum absolute atomic E-state index is 0.250. The van der Waals surface area contributed by atoms with Crippen molar-refractivity contribution in [1.29, 1.82) is 0 Å². The Morgan fingerprint density at radius 3 is 1.23 bits per heavy atom. The van der Waals surface area contributed by atoms with Crippen molar-refractivity contribution in [1.82, 2.24) is 0 Å². The molecule has 0 aromatic rings. The maximum absolute atomic E-state index is 13.7. The topological polar surface area (TPSA) is 91.3 Å². The quantitative estimate of drug-likeness (QED) is 0.343. The fourth-order valence-corrected chi connectivity index (χ4v) is 8.47. The largest absolute Gasteiger partial charge is 0.375 e. The van der Waals surface area contributed by atoms with Gasteiger partial charge in [-0.05, 0) is 59.9 Å². The number of hydrogen-bond donors (Lipinski definition) is 1. The van der Waals surface area contributed by atoms with E-state index in [1.54, 1.807) is 55.4 Å². The average molecular weight is 479 g/mol. The summed E-state index contributed by atoms with van der Waals surface area (Å²) in [6, 6.07) is 0. The van der Waals surface area contributed by atoms with E-state index in [0.29, 0.717) is 0 Å². The van der Waals surface area contributed by atoms with Crippen LogP contribution >= 0.6 is 31.1 Å². The van der Waals surface area contributed by atoms with Gasteiger partial charge in [0.2, 0.25) is 0 Å². The van der Waals surface area contributed by atoms with Gasteiger partial charge in [0, 0.05) is 6.42 Å². The molecule has 0 atom stereocenters. The van der Waals surface area contributed by atoms with Crippen LogP contribution in [0.4, 0.5) is 0 Å². The first-order valence-electron chi connectivity index (χ1n) is 8.58. The number of rotatable bonds is 12. The molecule has 0 spiro atoms. The van der Waals surface area contributed by atoms with Crippen molar-refractivity contribution in [2.45, 2.75) is 91.3 Å². The van der Waals surface area contributed by atoms with Crippen LogP contribution in [0.15, 0.2) is 11.1 Å². The summed E-state index contributed by atoms with van der Waals surface area (Å²) < 4.78 is 49.7. The van der Waals surface area contributed by atoms with Gasteiger partial charge in [-0.1, -0.05) is 22.5 Å². The summed E-state index contributed by atoms with van der Waals surface area (Å²) in [4.78, 5) is 0. The van der Waals surface area contributed by atoms with Crippen molar-refractivity contribution >= 4 is 31.1 Å². The van der Waals surface area contributed by atoms with Gasteiger partial charge < -0.3 is 23.2 Å². The van der Waals surface area contributed by atoms with Gasteiger partial charge in [-0.15, -0.1) is 0 Å². The molecule has 7 nitrogen and oxygen atoms in total. The summed E-state index contributed by atoms with van der Waals surface area (Å²) in [6.45, 7) is 16.8. The third kappa shape index (κ3) is 7.14. The SMILES string of the molecule is C=C(Br)CC(O)(P(=O)(OC(C)C)OC(C)C)P(=O)(OC(C)C)OC(C)C. The van der Waals surface area contributed by atoms with Gasteiger partial charge in [0.05, 0.1) is 24.4 Å². The molecule has 0 saturated carbocycles. The first kappa shape index (κ1) is 26.5. The fraction of sp³-hybridized carbons (Fsp3) is 0.875. The molecule has 10 heteroatoms. The lowest BCUT2D eigenvalue weighted by Gasteiger charge is -2.41. The molecule has 0 bridgehead atoms. The van der Waals surface area contributed by atoms with E-state index in [1.807, 2.05) is 0 Å². The second-order valence-electron chi connectivity index (χ2n) is 7.08. The molecule has 0 aliphatic carbocycles. The van der Waals surface area contributed by atoms with Crippen molar-refractivity contribution < 1.29 is 32.3 Å². The highest BCUT2D eigenvalue weighted by atomic mass is 79.9. The van der Waals surface area contributed by atoms with Gasteiger partial charge in [-0.2, -0.15) is 0 Å². The van der Waals surface area contributed by atoms with Gasteiger partial charge in [0.25, 0.3) is 5.08 Å². The monoisotopic (exact) mass is 478 g/mol. The molecule has 0 heterocycles. The summed E-state index contributed by atoms with van der Waals surface area (Å²) in [5, 5.41) is 8.93. The number of hydrogen-bond acceptors (Lipinski definition) is 7. The molecule has 26 heavy (non-hydrogen) atoms. The standard InChI is InChI=1S/C16H33BrO7P2/c1-11(2)21-25(19,22-12(3)4)16(18,10-15(9)17)26(20,23-13(5)6)24-14(7)8/h11-14,18H,9-10H2,1-8H3. The molecule has 0 fully saturated rings. The van der Waals surface area contributed by atoms with Crippen LogP contribution in [0.2, 0.25) is 0 Å². The molecule has 0 aromatic heterocycles. The zero-order chi connectivity index (χ0) is 20.9. The third-order valence-corrected chi connectivity index (χ3v) is 9.32. The Kier molecular flexibility index (Phi) is 10.5. The molecule has 156 valence electrons. The Labute approximate surface area is 166 Å². The van der Waals surface area contributed by atoms with Crippen LogP contribution in [0.25, 0.3) is 0 Å². The first-order chi connectivity index (χ1) is 11.6. The molecule has 1 N–H and O–H groups in total. The Bertz CT molecular complexity index is 495. The van der Waals surface area contributed by atoms with E-state index >= 15 is 0 Å². The first-order valence-corrected chi connectivity index (χ1v) is 12.5. The van der Waals surface area contributed by atoms with Gasteiger partial charge >= 0.3 is 15.2 Å². The Morgan fingerprint density at radius 2 is 1.08 bits per heavy atom. The molecular weight excluding hydrogens is 446 g/mol. The Balaban J connectivity index is 6.60. The van der Waals surface area contributed by atoms with Crippen LogP contribution in [0, 0.1) is 0 Å². The zero-order valence-corrected chi connectivity index (χ0v) is 20.3. The highest BCUT2D eigenvalue weighted by Crippen LogP contribution is 2.79. The van der Waals surface area contributed by atoms with Crippen LogP contribution in [-0.4, -0.2) is 34.6 Å². The van der Waals surface area contributed by atoms with Crippen molar-refractivity contribution in [3.05, 3.63) is 11.1 Å². The van der Waals surface area contributed by atoms with Gasteiger partial charge in [-0.3, -0.25) is 9.13 Å². The highest BCUT2D eigenvalue weighted by molar-refractivity contribution is 9.11. The van der Waals surface area contributed by atoms with Crippen LogP contribution in [0.3, 0.4) is 0 Å². The van der Waals surface area contributed by atoms with Crippen LogP contribution in [0.5, 0.6) is 0 Å². The summed E-state index contributed by atoms with van der Waals surface area (Å²) in [6.07, 6.45) is -2.68. The highest BCUT2D eigenvalue weighted by Gasteiger charge is 2.66. The van der Waals surface area contributed by atoms with Gasteiger partial charge in [-0.25, -0.2) is 0 Å². The maximum atomic E-state index is 13.7. The van der Waals surface area contributed by atoms with E-state index in [9.17, 15) is 14.2 Å². The molecule has 0 rings (SSSR count). The van der Waals surface area contributed by atoms with Crippen LogP contribution < -0.4 is 0 Å². The minimum Gasteiger partial charge on any atom is -0.367 e. The van der Waals surface area contributed by atoms with E-state index in [2.05, 4.69) is 22.5 Å². The minimum atomic E-state index is -4.39. The lowest BCUT2D eigenvalue weighted by atomic mass is 10.4. The van der Waals surface area contributed by atoms with E-state index in [-0.39, 0.29) is 4.48 Å². The van der Waals surface area contributed by atoms with E-state index in [0.717, 1.165) is 0 Å². The second-order valence-corrected chi connectivity index (χ2v) is 12.9. The van der Waals surface area contributed by atoms with Crippen molar-refractivity contribution in [3.63, 3.8) is 0 Å². The predicted octanol–water partition coefficient (Wildman–Crippen LogP) is 6.02. The van der Waals surface area contributed by atoms with E-state index in [1.165, 1.54) is 0 Å². The number of aliphatic hydroxyl groups is 1. The van der Waals surface area contributed by atoms with Crippen LogP contribution in [-0.2, 0) is 27.2 Å². The number of halogens is 1. The average Bonchev–Trinajstić information content (AvgIpc) is 2.32. The van der Waals surface area contributed by atoms with Crippen molar-refractivity contribution in [2.24, 2.45) is 0 Å². The van der Waals surface area contributed by atoms with Crippen molar-refractivity contribution in [2.75, 3.05) is 0 Å². The van der Waals surface area contributed by atoms with Crippen molar-refractivity contribution in [3.8, 4) is 0 Å². The molecule has 0 aromatic carbocycles. The zero-order valence-electron chi connectivity index (χ0n) is 16.9. The maximum Gasteiger partial charge on any atom is 0.375 e. The molecule has 0 aliphatic heterocycles. The van der Waals surface area contributed by atoms with E-state index in [4.69, 9.17) is 18.1 Å². The Morgan fingerprint density at radius 1 is 0.846 bits per heavy atom. The Hall–Kier alpha value is 0.480. The molecule has 0 saturated heterocycles. The molecule has 0 unspecified atom stereocenters. The van der Waals surface area contributed by atoms with E-state index < -0.39 is 51.1 Å². The summed E-state index contributed by atoms with van der Waals surface area (Å²) in [7, 11) is -8.78. The molecular formula is C16H33BrO7P2. The molecule has 0 radical (unpaired) electrons. The van der Waals surface area contributed by atoms with Crippen LogP contribution in [0.1, 0.15) is 61.8 Å². The van der Waals surface area contributed by atoms with Gasteiger partial charge in [0.1, 0.15) is 0 Å². The molecule has 0 amide bonds. The molecule has 0 aliphatic rings. The smallest absolute Gasteiger partial charge is 0.367 e. The summed E-state index contributed by atoms with van der Waals surface area (Å²) in [5.41, 5.74) is 0. The fourth-order valence-electron chi connectivity index (χ4n) is 2.10. The predicted molar refractivity (Wildman–Crippen MR) is 108 cm³/mol. The summed E-state index contributed by atoms with van der Waals surface area (Å²) in [5.74, 6) is 0. The van der Waals surface area contributed by atoms with Gasteiger partial charge in [0.15, 0.2) is 0 Å².